The molecule has 1 aromatic rings. The molecule has 0 radical (unpaired) electrons. The van der Waals surface area contributed by atoms with Crippen LogP contribution in [-0.4, -0.2) is 80.4 Å². The number of carbonyl (C=O) groups is 2. The van der Waals surface area contributed by atoms with Crippen LogP contribution in [0.5, 0.6) is 0 Å². The SMILES string of the molecule is O=C(CNC(=O)c1cccc(C(F)(F)F)c1)C[C@@H]1CCN(CCN2CCNCC2)C1. The Bertz CT molecular complexity index is 735. The van der Waals surface area contributed by atoms with Crippen LogP contribution in [0.25, 0.3) is 0 Å². The largest absolute Gasteiger partial charge is 0.416 e. The fourth-order valence-corrected chi connectivity index (χ4v) is 4.01. The van der Waals surface area contributed by atoms with Crippen LogP contribution in [0, 0.1) is 5.92 Å². The predicted octanol–water partition coefficient (Wildman–Crippen LogP) is 1.62. The van der Waals surface area contributed by atoms with Gasteiger partial charge < -0.3 is 15.5 Å². The average Bonchev–Trinajstić information content (AvgIpc) is 3.18. The monoisotopic (exact) mass is 426 g/mol. The zero-order valence-electron chi connectivity index (χ0n) is 17.0. The molecule has 0 aromatic heterocycles. The number of amides is 1. The van der Waals surface area contributed by atoms with Gasteiger partial charge in [-0.3, -0.25) is 14.5 Å². The number of ketones is 1. The van der Waals surface area contributed by atoms with Gasteiger partial charge in [0.25, 0.3) is 5.91 Å². The van der Waals surface area contributed by atoms with Gasteiger partial charge in [-0.1, -0.05) is 6.07 Å². The van der Waals surface area contributed by atoms with Gasteiger partial charge >= 0.3 is 6.18 Å². The molecular weight excluding hydrogens is 397 g/mol. The van der Waals surface area contributed by atoms with E-state index in [1.807, 2.05) is 0 Å². The van der Waals surface area contributed by atoms with Crippen molar-refractivity contribution in [2.45, 2.75) is 19.0 Å². The lowest BCUT2D eigenvalue weighted by Gasteiger charge is -2.29. The Morgan fingerprint density at radius 3 is 2.57 bits per heavy atom. The highest BCUT2D eigenvalue weighted by Crippen LogP contribution is 2.29. The number of Topliss-reactive ketones (excluding diaryl/α,β-unsaturated/α-hetero) is 1. The van der Waals surface area contributed by atoms with Crippen LogP contribution in [0.2, 0.25) is 0 Å². The third-order valence-corrected chi connectivity index (χ3v) is 5.73. The first kappa shape index (κ1) is 22.7. The minimum atomic E-state index is -4.51. The lowest BCUT2D eigenvalue weighted by atomic mass is 10.0. The van der Waals surface area contributed by atoms with Crippen molar-refractivity contribution in [3.8, 4) is 0 Å². The van der Waals surface area contributed by atoms with E-state index < -0.39 is 17.6 Å². The second kappa shape index (κ2) is 10.4. The van der Waals surface area contributed by atoms with Crippen molar-refractivity contribution in [3.05, 3.63) is 35.4 Å². The minimum Gasteiger partial charge on any atom is -0.345 e. The number of hydrogen-bond donors (Lipinski definition) is 2. The van der Waals surface area contributed by atoms with Gasteiger partial charge in [-0.15, -0.1) is 0 Å². The first-order valence-corrected chi connectivity index (χ1v) is 10.4. The third kappa shape index (κ3) is 6.78. The first-order chi connectivity index (χ1) is 14.3. The van der Waals surface area contributed by atoms with E-state index in [0.29, 0.717) is 6.42 Å². The number of piperazine rings is 1. The van der Waals surface area contributed by atoms with Crippen LogP contribution in [0.3, 0.4) is 0 Å². The van der Waals surface area contributed by atoms with E-state index in [2.05, 4.69) is 20.4 Å². The van der Waals surface area contributed by atoms with Gasteiger partial charge in [0.1, 0.15) is 0 Å². The van der Waals surface area contributed by atoms with Crippen molar-refractivity contribution < 1.29 is 22.8 Å². The molecule has 0 saturated carbocycles. The Morgan fingerprint density at radius 2 is 1.83 bits per heavy atom. The molecule has 2 fully saturated rings. The summed E-state index contributed by atoms with van der Waals surface area (Å²) in [5, 5.41) is 5.79. The van der Waals surface area contributed by atoms with Gasteiger partial charge in [0.15, 0.2) is 5.78 Å². The van der Waals surface area contributed by atoms with E-state index in [4.69, 9.17) is 0 Å². The molecule has 30 heavy (non-hydrogen) atoms. The maximum atomic E-state index is 12.8. The molecule has 9 heteroatoms. The molecule has 6 nitrogen and oxygen atoms in total. The summed E-state index contributed by atoms with van der Waals surface area (Å²) in [6, 6.07) is 4.21. The fraction of sp³-hybridized carbons (Fsp3) is 0.619. The average molecular weight is 426 g/mol. The molecule has 1 atom stereocenters. The fourth-order valence-electron chi connectivity index (χ4n) is 4.01. The Hall–Kier alpha value is -1.97. The van der Waals surface area contributed by atoms with E-state index in [0.717, 1.165) is 70.9 Å². The molecule has 0 unspecified atom stereocenters. The van der Waals surface area contributed by atoms with E-state index in [-0.39, 0.29) is 23.8 Å². The molecule has 2 saturated heterocycles. The van der Waals surface area contributed by atoms with Gasteiger partial charge in [-0.25, -0.2) is 0 Å². The van der Waals surface area contributed by atoms with Crippen molar-refractivity contribution in [2.24, 2.45) is 5.92 Å². The van der Waals surface area contributed by atoms with Gasteiger partial charge in [0.05, 0.1) is 12.1 Å². The smallest absolute Gasteiger partial charge is 0.345 e. The van der Waals surface area contributed by atoms with Crippen LogP contribution in [0.4, 0.5) is 13.2 Å². The number of halogens is 3. The lowest BCUT2D eigenvalue weighted by Crippen LogP contribution is -2.46. The van der Waals surface area contributed by atoms with E-state index in [1.54, 1.807) is 0 Å². The second-order valence-corrected chi connectivity index (χ2v) is 8.05. The summed E-state index contributed by atoms with van der Waals surface area (Å²) in [6.07, 6.45) is -3.17. The molecule has 3 rings (SSSR count). The molecule has 2 heterocycles. The lowest BCUT2D eigenvalue weighted by molar-refractivity contribution is -0.137. The van der Waals surface area contributed by atoms with E-state index in [1.165, 1.54) is 12.1 Å². The standard InChI is InChI=1S/C21H29F3N4O2/c22-21(23,24)18-3-1-2-17(13-18)20(30)26-14-19(29)12-16-4-7-28(15-16)11-10-27-8-5-25-6-9-27/h1-3,13,16,25H,4-12,14-15H2,(H,26,30)/t16-/m0/s1. The maximum Gasteiger partial charge on any atom is 0.416 e. The zero-order valence-corrected chi connectivity index (χ0v) is 17.0. The molecule has 166 valence electrons. The maximum absolute atomic E-state index is 12.8. The molecule has 0 bridgehead atoms. The number of hydrogen-bond acceptors (Lipinski definition) is 5. The number of nitrogens with zero attached hydrogens (tertiary/aromatic N) is 2. The number of likely N-dealkylation sites (tertiary alicyclic amines) is 1. The first-order valence-electron chi connectivity index (χ1n) is 10.4. The number of benzene rings is 1. The summed E-state index contributed by atoms with van der Waals surface area (Å²) in [5.41, 5.74) is -0.981. The van der Waals surface area contributed by atoms with Crippen LogP contribution < -0.4 is 10.6 Å². The molecular formula is C21H29F3N4O2. The number of alkyl halides is 3. The highest BCUT2D eigenvalue weighted by Gasteiger charge is 2.31. The summed E-state index contributed by atoms with van der Waals surface area (Å²) in [7, 11) is 0. The number of carbonyl (C=O) groups excluding carboxylic acids is 2. The van der Waals surface area contributed by atoms with Crippen LogP contribution in [-0.2, 0) is 11.0 Å². The van der Waals surface area contributed by atoms with Crippen LogP contribution >= 0.6 is 0 Å². The summed E-state index contributed by atoms with van der Waals surface area (Å²) in [4.78, 5) is 29.2. The zero-order chi connectivity index (χ0) is 21.6. The molecule has 1 amide bonds. The molecule has 2 aliphatic heterocycles. The molecule has 2 N–H and O–H groups in total. The second-order valence-electron chi connectivity index (χ2n) is 8.05. The van der Waals surface area contributed by atoms with Crippen molar-refractivity contribution in [3.63, 3.8) is 0 Å². The Morgan fingerprint density at radius 1 is 1.10 bits per heavy atom. The highest BCUT2D eigenvalue weighted by molar-refractivity contribution is 5.96. The quantitative estimate of drug-likeness (QED) is 0.662. The van der Waals surface area contributed by atoms with E-state index >= 15 is 0 Å². The minimum absolute atomic E-state index is 0.0933. The van der Waals surface area contributed by atoms with Crippen LogP contribution in [0.15, 0.2) is 24.3 Å². The van der Waals surface area contributed by atoms with Crippen molar-refractivity contribution in [1.29, 1.82) is 0 Å². The van der Waals surface area contributed by atoms with Crippen molar-refractivity contribution >= 4 is 11.7 Å². The van der Waals surface area contributed by atoms with Gasteiger partial charge in [0, 0.05) is 57.8 Å². The molecule has 1 aromatic carbocycles. The van der Waals surface area contributed by atoms with Gasteiger partial charge in [0.2, 0.25) is 0 Å². The third-order valence-electron chi connectivity index (χ3n) is 5.73. The van der Waals surface area contributed by atoms with E-state index in [9.17, 15) is 22.8 Å². The van der Waals surface area contributed by atoms with Gasteiger partial charge in [-0.05, 0) is 37.1 Å². The Kier molecular flexibility index (Phi) is 7.85. The topological polar surface area (TPSA) is 64.7 Å². The Balaban J connectivity index is 1.37. The highest BCUT2D eigenvalue weighted by atomic mass is 19.4. The summed E-state index contributed by atoms with van der Waals surface area (Å²) in [6.45, 7) is 7.92. The molecule has 0 spiro atoms. The normalized spacial score (nSPS) is 21.0. The van der Waals surface area contributed by atoms with Gasteiger partial charge in [-0.2, -0.15) is 13.2 Å². The summed E-state index contributed by atoms with van der Waals surface area (Å²) in [5.74, 6) is -0.492. The Labute approximate surface area is 174 Å². The molecule has 2 aliphatic rings. The summed E-state index contributed by atoms with van der Waals surface area (Å²) >= 11 is 0. The van der Waals surface area contributed by atoms with Crippen LogP contribution in [0.1, 0.15) is 28.8 Å². The number of rotatable bonds is 8. The number of nitrogens with one attached hydrogen (secondary N) is 2. The molecule has 0 aliphatic carbocycles. The summed E-state index contributed by atoms with van der Waals surface area (Å²) < 4.78 is 38.3. The van der Waals surface area contributed by atoms with Crippen molar-refractivity contribution in [1.82, 2.24) is 20.4 Å². The predicted molar refractivity (Wildman–Crippen MR) is 107 cm³/mol. The van der Waals surface area contributed by atoms with Crippen molar-refractivity contribution in [2.75, 3.05) is 58.9 Å².